The first-order valence-corrected chi connectivity index (χ1v) is 25.4. The first-order valence-electron chi connectivity index (χ1n) is 25.4. The molecule has 0 aliphatic rings. The molecule has 360 valence electrons. The van der Waals surface area contributed by atoms with Crippen molar-refractivity contribution in [3.05, 3.63) is 222 Å². The van der Waals surface area contributed by atoms with Gasteiger partial charge in [-0.15, -0.1) is 0 Å². The molecule has 3 aromatic heterocycles. The zero-order valence-electron chi connectivity index (χ0n) is 42.6. The van der Waals surface area contributed by atoms with Gasteiger partial charge in [0.1, 0.15) is 11.2 Å². The first-order chi connectivity index (χ1) is 36.4. The monoisotopic (exact) mass is 969 g/mol. The molecule has 10 aromatic carbocycles. The summed E-state index contributed by atoms with van der Waals surface area (Å²) in [4.78, 5) is 4.50. The number of nitrogens with zero attached hydrogens (tertiary/aromatic N) is 5. The van der Waals surface area contributed by atoms with Crippen molar-refractivity contribution in [1.82, 2.24) is 4.57 Å². The first kappa shape index (κ1) is 45.3. The van der Waals surface area contributed by atoms with Gasteiger partial charge in [0.25, 0.3) is 0 Å². The fraction of sp³-hybridized carbons (Fsp3) is 0.118. The number of hydrogen-bond acceptors (Lipinski definition) is 6. The molecule has 13 aromatic rings. The van der Waals surface area contributed by atoms with Crippen molar-refractivity contribution in [3.63, 3.8) is 0 Å². The Bertz CT molecular complexity index is 4510. The Balaban J connectivity index is 1.03. The Morgan fingerprint density at radius 1 is 0.373 bits per heavy atom. The molecule has 7 nitrogen and oxygen atoms in total. The van der Waals surface area contributed by atoms with Crippen LogP contribution < -0.4 is 9.80 Å². The van der Waals surface area contributed by atoms with Gasteiger partial charge in [-0.25, -0.2) is 0 Å². The Morgan fingerprint density at radius 3 is 1.33 bits per heavy atom. The van der Waals surface area contributed by atoms with Crippen molar-refractivity contribution in [2.75, 3.05) is 9.80 Å². The molecule has 0 saturated carbocycles. The van der Waals surface area contributed by atoms with E-state index in [1.165, 1.54) is 0 Å². The maximum Gasteiger partial charge on any atom is 0.159 e. The van der Waals surface area contributed by atoms with Gasteiger partial charge < -0.3 is 23.2 Å². The molecule has 7 heteroatoms. The Labute approximate surface area is 434 Å². The molecule has 0 aliphatic heterocycles. The van der Waals surface area contributed by atoms with Crippen molar-refractivity contribution >= 4 is 111 Å². The lowest BCUT2D eigenvalue weighted by Crippen LogP contribution is -2.11. The van der Waals surface area contributed by atoms with E-state index in [0.717, 1.165) is 127 Å². The van der Waals surface area contributed by atoms with E-state index in [4.69, 9.17) is 8.83 Å². The molecule has 0 N–H and O–H groups in total. The maximum atomic E-state index is 9.87. The van der Waals surface area contributed by atoms with Crippen LogP contribution in [-0.4, -0.2) is 4.57 Å². The number of fused-ring (bicyclic) bond motifs is 10. The van der Waals surface area contributed by atoms with E-state index in [-0.39, 0.29) is 10.8 Å². The molecule has 0 radical (unpaired) electrons. The van der Waals surface area contributed by atoms with Gasteiger partial charge in [0.15, 0.2) is 11.2 Å². The van der Waals surface area contributed by atoms with Crippen LogP contribution in [0.1, 0.15) is 63.8 Å². The summed E-state index contributed by atoms with van der Waals surface area (Å²) >= 11 is 0. The topological polar surface area (TPSA) is 85.3 Å². The van der Waals surface area contributed by atoms with Crippen LogP contribution in [0, 0.1) is 22.7 Å². The maximum absolute atomic E-state index is 9.87. The van der Waals surface area contributed by atoms with E-state index < -0.39 is 0 Å². The Kier molecular flexibility index (Phi) is 10.3. The smallest absolute Gasteiger partial charge is 0.159 e. The summed E-state index contributed by atoms with van der Waals surface area (Å²) in [6.45, 7) is 13.3. The molecule has 0 saturated heterocycles. The van der Waals surface area contributed by atoms with E-state index in [0.29, 0.717) is 11.1 Å². The van der Waals surface area contributed by atoms with E-state index in [9.17, 15) is 10.5 Å². The van der Waals surface area contributed by atoms with Crippen molar-refractivity contribution in [2.45, 2.75) is 52.4 Å². The lowest BCUT2D eigenvalue weighted by atomic mass is 9.86. The van der Waals surface area contributed by atoms with Crippen molar-refractivity contribution in [1.29, 1.82) is 10.5 Å². The predicted octanol–water partition coefficient (Wildman–Crippen LogP) is 19.0. The van der Waals surface area contributed by atoms with Crippen LogP contribution in [0.25, 0.3) is 82.1 Å². The summed E-state index contributed by atoms with van der Waals surface area (Å²) in [5, 5.41) is 28.4. The third-order valence-corrected chi connectivity index (χ3v) is 14.8. The average Bonchev–Trinajstić information content (AvgIpc) is 4.12. The van der Waals surface area contributed by atoms with Crippen LogP contribution in [0.2, 0.25) is 0 Å². The summed E-state index contributed by atoms with van der Waals surface area (Å²) in [7, 11) is 0. The van der Waals surface area contributed by atoms with Gasteiger partial charge in [-0.3, -0.25) is 0 Å². The van der Waals surface area contributed by atoms with E-state index in [2.05, 4.69) is 220 Å². The van der Waals surface area contributed by atoms with Crippen LogP contribution >= 0.6 is 0 Å². The van der Waals surface area contributed by atoms with Crippen LogP contribution in [0.4, 0.5) is 34.1 Å². The number of aromatic nitrogens is 1. The largest absolute Gasteiger partial charge is 0.454 e. The van der Waals surface area contributed by atoms with Crippen molar-refractivity contribution in [3.8, 4) is 17.8 Å². The number of hydrogen-bond donors (Lipinski definition) is 0. The van der Waals surface area contributed by atoms with Crippen molar-refractivity contribution in [2.24, 2.45) is 0 Å². The summed E-state index contributed by atoms with van der Waals surface area (Å²) in [5.41, 5.74) is 15.3. The highest BCUT2D eigenvalue weighted by Crippen LogP contribution is 2.48. The van der Waals surface area contributed by atoms with E-state index in [1.54, 1.807) is 0 Å². The van der Waals surface area contributed by atoms with Crippen LogP contribution in [0.3, 0.4) is 0 Å². The summed E-state index contributed by atoms with van der Waals surface area (Å²) in [6.07, 6.45) is 0. The van der Waals surface area contributed by atoms with Gasteiger partial charge in [-0.2, -0.15) is 10.5 Å². The molecular formula is C68H51N5O2. The Hall–Kier alpha value is -9.56. The lowest BCUT2D eigenvalue weighted by Gasteiger charge is -2.26. The van der Waals surface area contributed by atoms with Crippen molar-refractivity contribution < 1.29 is 8.83 Å². The SMILES string of the molecule is CC(C)(C)c1cccc2c1oc1c(N(c3ccc(C#N)cc3)c3ccc4cc5c6ccc(N(c7ccc(C#N)cc7)c7cccc8c7oc7c(C(C)(C)C)cccc78)cc6n(-c6ccccc6)c5cc4c3)cccc12. The number of anilines is 6. The number of para-hydroxylation sites is 5. The normalized spacial score (nSPS) is 12.1. The molecule has 0 atom stereocenters. The zero-order valence-corrected chi connectivity index (χ0v) is 42.6. The second-order valence-corrected chi connectivity index (χ2v) is 21.6. The Morgan fingerprint density at radius 2 is 0.827 bits per heavy atom. The third kappa shape index (κ3) is 7.39. The highest BCUT2D eigenvalue weighted by Gasteiger charge is 2.27. The molecule has 0 spiro atoms. The van der Waals surface area contributed by atoms with Gasteiger partial charge in [0.05, 0.1) is 45.7 Å². The van der Waals surface area contributed by atoms with Gasteiger partial charge in [-0.05, 0) is 131 Å². The van der Waals surface area contributed by atoms with Gasteiger partial charge in [-0.1, -0.05) is 133 Å². The van der Waals surface area contributed by atoms with Crippen LogP contribution in [-0.2, 0) is 10.8 Å². The summed E-state index contributed by atoms with van der Waals surface area (Å²) in [6, 6.07) is 74.4. The van der Waals surface area contributed by atoms with E-state index in [1.807, 2.05) is 48.5 Å². The minimum atomic E-state index is -0.131. The number of nitriles is 2. The molecule has 3 heterocycles. The number of rotatable bonds is 7. The third-order valence-electron chi connectivity index (χ3n) is 14.8. The minimum absolute atomic E-state index is 0.126. The number of furan rings is 2. The standard InChI is InChI=1S/C68H51N5O2/c1-67(2,3)57-20-10-16-52-54-18-12-22-59(65(54)74-63(52)57)71(47-29-24-42(40-69)25-30-47)49-33-28-44-37-56-51-35-34-50(39-62(51)73(46-14-8-7-9-15-46)61(56)38-45(44)36-49)72(48-31-26-43(41-70)27-32-48)60-23-13-19-55-53-17-11-21-58(68(4,5)6)64(53)75-66(55)60/h7-39H,1-6H3. The quantitative estimate of drug-likeness (QED) is 0.158. The summed E-state index contributed by atoms with van der Waals surface area (Å²) < 4.78 is 16.4. The lowest BCUT2D eigenvalue weighted by molar-refractivity contribution is 0.572. The molecule has 0 bridgehead atoms. The molecule has 0 aliphatic carbocycles. The fourth-order valence-electron chi connectivity index (χ4n) is 11.2. The van der Waals surface area contributed by atoms with Gasteiger partial charge in [0, 0.05) is 71.9 Å². The second-order valence-electron chi connectivity index (χ2n) is 21.6. The number of benzene rings is 10. The molecule has 0 amide bonds. The molecule has 0 unspecified atom stereocenters. The van der Waals surface area contributed by atoms with Gasteiger partial charge in [0.2, 0.25) is 0 Å². The molecule has 13 rings (SSSR count). The van der Waals surface area contributed by atoms with Crippen LogP contribution in [0.5, 0.6) is 0 Å². The van der Waals surface area contributed by atoms with Crippen LogP contribution in [0.15, 0.2) is 209 Å². The second kappa shape index (κ2) is 17.0. The molecular weight excluding hydrogens is 919 g/mol. The highest BCUT2D eigenvalue weighted by atomic mass is 16.3. The fourth-order valence-corrected chi connectivity index (χ4v) is 11.2. The predicted molar refractivity (Wildman–Crippen MR) is 309 cm³/mol. The molecule has 0 fully saturated rings. The van der Waals surface area contributed by atoms with Gasteiger partial charge >= 0.3 is 0 Å². The van der Waals surface area contributed by atoms with E-state index >= 15 is 0 Å². The summed E-state index contributed by atoms with van der Waals surface area (Å²) in [5.74, 6) is 0. The molecule has 75 heavy (non-hydrogen) atoms. The zero-order chi connectivity index (χ0) is 51.3. The highest BCUT2D eigenvalue weighted by molar-refractivity contribution is 6.16. The average molecular weight is 970 g/mol. The minimum Gasteiger partial charge on any atom is -0.454 e.